The molecule has 0 atom stereocenters. The van der Waals surface area contributed by atoms with E-state index in [0.29, 0.717) is 17.8 Å². The maximum Gasteiger partial charge on any atom is 0.243 e. The molecule has 1 aromatic rings. The highest BCUT2D eigenvalue weighted by Crippen LogP contribution is 2.23. The van der Waals surface area contributed by atoms with Gasteiger partial charge in [0.25, 0.3) is 0 Å². The Kier molecular flexibility index (Phi) is 4.24. The third kappa shape index (κ3) is 2.91. The van der Waals surface area contributed by atoms with Crippen LogP contribution in [0.3, 0.4) is 0 Å². The molecular formula is C12H23N7O. The lowest BCUT2D eigenvalue weighted by Gasteiger charge is -2.34. The Morgan fingerprint density at radius 1 is 1.30 bits per heavy atom. The van der Waals surface area contributed by atoms with Crippen LogP contribution in [0.5, 0.6) is 0 Å². The molecule has 8 heteroatoms. The number of nitrogens with zero attached hydrogens (tertiary/aromatic N) is 5. The molecule has 112 valence electrons. The zero-order valence-corrected chi connectivity index (χ0v) is 12.3. The van der Waals surface area contributed by atoms with Gasteiger partial charge in [0, 0.05) is 20.1 Å². The zero-order chi connectivity index (χ0) is 14.8. The maximum absolute atomic E-state index is 9.47. The van der Waals surface area contributed by atoms with Crippen molar-refractivity contribution < 1.29 is 5.11 Å². The zero-order valence-electron chi connectivity index (χ0n) is 12.3. The van der Waals surface area contributed by atoms with Gasteiger partial charge in [0.2, 0.25) is 17.8 Å². The fourth-order valence-electron chi connectivity index (χ4n) is 2.00. The molecule has 0 spiro atoms. The molecule has 8 nitrogen and oxygen atoms in total. The van der Waals surface area contributed by atoms with E-state index in [1.807, 2.05) is 25.8 Å². The first kappa shape index (κ1) is 14.7. The fraction of sp³-hybridized carbons (Fsp3) is 0.750. The molecule has 4 N–H and O–H groups in total. The van der Waals surface area contributed by atoms with Gasteiger partial charge >= 0.3 is 0 Å². The molecule has 0 saturated carbocycles. The molecule has 1 saturated heterocycles. The Hall–Kier alpha value is -1.67. The minimum Gasteiger partial charge on any atom is -0.394 e. The summed E-state index contributed by atoms with van der Waals surface area (Å²) in [6.07, 6.45) is 2.29. The summed E-state index contributed by atoms with van der Waals surface area (Å²) in [4.78, 5) is 17.0. The van der Waals surface area contributed by atoms with Crippen LogP contribution in [0, 0.1) is 0 Å². The van der Waals surface area contributed by atoms with Crippen molar-refractivity contribution in [1.29, 1.82) is 0 Å². The Balaban J connectivity index is 2.34. The first-order chi connectivity index (χ1) is 9.47. The molecule has 20 heavy (non-hydrogen) atoms. The number of rotatable bonds is 5. The number of aliphatic hydroxyl groups is 1. The standard InChI is InChI=1S/C12H23N7O/c1-12(2,8-20)18(3)10-14-9(17-13)15-11(16-10)19-6-4-5-7-19/h20H,4-8,13H2,1-3H3,(H,14,15,16,17). The number of anilines is 3. The van der Waals surface area contributed by atoms with Gasteiger partial charge in [-0.1, -0.05) is 0 Å². The summed E-state index contributed by atoms with van der Waals surface area (Å²) in [5.74, 6) is 6.89. The highest BCUT2D eigenvalue weighted by atomic mass is 16.3. The van der Waals surface area contributed by atoms with Gasteiger partial charge in [0.15, 0.2) is 0 Å². The van der Waals surface area contributed by atoms with Gasteiger partial charge in [-0.05, 0) is 26.7 Å². The molecule has 1 aromatic heterocycles. The molecule has 0 unspecified atom stereocenters. The van der Waals surface area contributed by atoms with Gasteiger partial charge in [-0.15, -0.1) is 0 Å². The van der Waals surface area contributed by atoms with E-state index in [2.05, 4.69) is 25.3 Å². The number of hydrogen-bond donors (Lipinski definition) is 3. The predicted molar refractivity (Wildman–Crippen MR) is 78.7 cm³/mol. The van der Waals surface area contributed by atoms with Crippen LogP contribution in [0.1, 0.15) is 26.7 Å². The van der Waals surface area contributed by atoms with Crippen LogP contribution in [0.2, 0.25) is 0 Å². The van der Waals surface area contributed by atoms with Crippen molar-refractivity contribution in [3.05, 3.63) is 0 Å². The van der Waals surface area contributed by atoms with Gasteiger partial charge in [0.05, 0.1) is 12.1 Å². The smallest absolute Gasteiger partial charge is 0.243 e. The van der Waals surface area contributed by atoms with E-state index in [4.69, 9.17) is 5.84 Å². The normalized spacial score (nSPS) is 15.6. The van der Waals surface area contributed by atoms with E-state index in [1.165, 1.54) is 0 Å². The molecular weight excluding hydrogens is 258 g/mol. The lowest BCUT2D eigenvalue weighted by atomic mass is 10.1. The summed E-state index contributed by atoms with van der Waals surface area (Å²) in [6.45, 7) is 5.73. The molecule has 0 radical (unpaired) electrons. The monoisotopic (exact) mass is 281 g/mol. The number of hydrazine groups is 1. The summed E-state index contributed by atoms with van der Waals surface area (Å²) >= 11 is 0. The molecule has 1 fully saturated rings. The highest BCUT2D eigenvalue weighted by molar-refractivity contribution is 5.46. The second kappa shape index (κ2) is 5.76. The van der Waals surface area contributed by atoms with E-state index >= 15 is 0 Å². The first-order valence-electron chi connectivity index (χ1n) is 6.80. The number of aromatic nitrogens is 3. The average Bonchev–Trinajstić information content (AvgIpc) is 3.00. The second-order valence-electron chi connectivity index (χ2n) is 5.63. The summed E-state index contributed by atoms with van der Waals surface area (Å²) in [7, 11) is 1.85. The summed E-state index contributed by atoms with van der Waals surface area (Å²) < 4.78 is 0. The van der Waals surface area contributed by atoms with Crippen LogP contribution < -0.4 is 21.1 Å². The van der Waals surface area contributed by atoms with Gasteiger partial charge in [-0.2, -0.15) is 15.0 Å². The summed E-state index contributed by atoms with van der Waals surface area (Å²) in [6, 6.07) is 0. The number of likely N-dealkylation sites (N-methyl/N-ethyl adjacent to an activating group) is 1. The molecule has 2 rings (SSSR count). The molecule has 0 aliphatic carbocycles. The van der Waals surface area contributed by atoms with Crippen molar-refractivity contribution in [2.75, 3.05) is 42.0 Å². The van der Waals surface area contributed by atoms with Crippen molar-refractivity contribution in [3.63, 3.8) is 0 Å². The molecule has 2 heterocycles. The van der Waals surface area contributed by atoms with Crippen molar-refractivity contribution in [2.45, 2.75) is 32.2 Å². The van der Waals surface area contributed by atoms with Gasteiger partial charge < -0.3 is 14.9 Å². The summed E-state index contributed by atoms with van der Waals surface area (Å²) in [5.41, 5.74) is 2.01. The van der Waals surface area contributed by atoms with Crippen molar-refractivity contribution in [1.82, 2.24) is 15.0 Å². The SMILES string of the molecule is CN(c1nc(NN)nc(N2CCCC2)n1)C(C)(C)CO. The summed E-state index contributed by atoms with van der Waals surface area (Å²) in [5, 5.41) is 9.47. The van der Waals surface area contributed by atoms with Crippen molar-refractivity contribution in [2.24, 2.45) is 5.84 Å². The van der Waals surface area contributed by atoms with E-state index in [0.717, 1.165) is 25.9 Å². The Morgan fingerprint density at radius 3 is 2.50 bits per heavy atom. The molecule has 1 aliphatic heterocycles. The number of nitrogens with two attached hydrogens (primary N) is 1. The Bertz CT molecular complexity index is 459. The second-order valence-corrected chi connectivity index (χ2v) is 5.63. The van der Waals surface area contributed by atoms with E-state index in [9.17, 15) is 5.11 Å². The van der Waals surface area contributed by atoms with Gasteiger partial charge in [-0.25, -0.2) is 5.84 Å². The highest BCUT2D eigenvalue weighted by Gasteiger charge is 2.26. The van der Waals surface area contributed by atoms with Crippen LogP contribution in [0.15, 0.2) is 0 Å². The number of nitrogens with one attached hydrogen (secondary N) is 1. The third-order valence-electron chi connectivity index (χ3n) is 3.72. The van der Waals surface area contributed by atoms with E-state index in [1.54, 1.807) is 0 Å². The van der Waals surface area contributed by atoms with Crippen molar-refractivity contribution >= 4 is 17.8 Å². The van der Waals surface area contributed by atoms with E-state index in [-0.39, 0.29) is 6.61 Å². The number of hydrogen-bond acceptors (Lipinski definition) is 8. The minimum atomic E-state index is -0.463. The largest absolute Gasteiger partial charge is 0.394 e. The number of aliphatic hydroxyl groups excluding tert-OH is 1. The van der Waals surface area contributed by atoms with Crippen LogP contribution in [-0.4, -0.2) is 52.3 Å². The quantitative estimate of drug-likeness (QED) is 0.510. The maximum atomic E-state index is 9.47. The number of nitrogen functional groups attached to an aromatic ring is 1. The van der Waals surface area contributed by atoms with Crippen LogP contribution in [-0.2, 0) is 0 Å². The lowest BCUT2D eigenvalue weighted by molar-refractivity contribution is 0.215. The fourth-order valence-corrected chi connectivity index (χ4v) is 2.00. The van der Waals surface area contributed by atoms with Crippen LogP contribution in [0.4, 0.5) is 17.8 Å². The topological polar surface area (TPSA) is 103 Å². The predicted octanol–water partition coefficient (Wildman–Crippen LogP) is -0.0355. The molecule has 0 amide bonds. The van der Waals surface area contributed by atoms with E-state index < -0.39 is 5.54 Å². The third-order valence-corrected chi connectivity index (χ3v) is 3.72. The van der Waals surface area contributed by atoms with Crippen LogP contribution >= 0.6 is 0 Å². The van der Waals surface area contributed by atoms with Crippen molar-refractivity contribution in [3.8, 4) is 0 Å². The van der Waals surface area contributed by atoms with Crippen LogP contribution in [0.25, 0.3) is 0 Å². The Morgan fingerprint density at radius 2 is 1.95 bits per heavy atom. The minimum absolute atomic E-state index is 0.000380. The molecule has 0 bridgehead atoms. The Labute approximate surface area is 119 Å². The van der Waals surface area contributed by atoms with Gasteiger partial charge in [0.1, 0.15) is 0 Å². The average molecular weight is 281 g/mol. The molecule has 0 aromatic carbocycles. The first-order valence-corrected chi connectivity index (χ1v) is 6.80. The molecule has 1 aliphatic rings. The lowest BCUT2D eigenvalue weighted by Crippen LogP contribution is -2.45. The van der Waals surface area contributed by atoms with Gasteiger partial charge in [-0.3, -0.25) is 5.43 Å².